The van der Waals surface area contributed by atoms with E-state index >= 15 is 0 Å². The number of likely N-dealkylation sites (tertiary alicyclic amines) is 1. The molecule has 2 aromatic carbocycles. The minimum atomic E-state index is 0.0249. The smallest absolute Gasteiger partial charge is 0.261 e. The molecule has 1 aromatic heterocycles. The number of carbonyl (C=O) groups is 1. The molecule has 2 aliphatic rings. The third kappa shape index (κ3) is 6.17. The summed E-state index contributed by atoms with van der Waals surface area (Å²) in [5.74, 6) is 1.77. The van der Waals surface area contributed by atoms with Gasteiger partial charge in [0.15, 0.2) is 0 Å². The van der Waals surface area contributed by atoms with Crippen LogP contribution < -0.4 is 20.1 Å². The number of benzene rings is 2. The molecule has 0 spiro atoms. The van der Waals surface area contributed by atoms with Crippen molar-refractivity contribution in [2.24, 2.45) is 0 Å². The van der Waals surface area contributed by atoms with E-state index in [4.69, 9.17) is 9.47 Å². The van der Waals surface area contributed by atoms with Crippen molar-refractivity contribution in [3.63, 3.8) is 0 Å². The molecule has 35 heavy (non-hydrogen) atoms. The molecule has 1 amide bonds. The lowest BCUT2D eigenvalue weighted by atomic mass is 10.0. The lowest BCUT2D eigenvalue weighted by Gasteiger charge is -2.32. The molecular formula is C27H32BrN3O3S. The van der Waals surface area contributed by atoms with Gasteiger partial charge in [-0.05, 0) is 102 Å². The molecule has 2 aliphatic heterocycles. The molecule has 0 atom stereocenters. The van der Waals surface area contributed by atoms with Gasteiger partial charge in [0, 0.05) is 30.4 Å². The Morgan fingerprint density at radius 3 is 2.66 bits per heavy atom. The monoisotopic (exact) mass is 557 g/mol. The highest BCUT2D eigenvalue weighted by atomic mass is 79.9. The van der Waals surface area contributed by atoms with Gasteiger partial charge in [-0.2, -0.15) is 0 Å². The summed E-state index contributed by atoms with van der Waals surface area (Å²) in [6.45, 7) is 4.90. The standard InChI is InChI=1S/C27H32BrN3O3S/c1-33-22-3-5-25-19(15-22)16-26(35-25)27(32)30-20-8-12-31(13-9-20)17-18-2-4-24(23(28)14-18)34-21-6-10-29-11-7-21/h2-5,14-16,20-21,29H,6-13,17H2,1H3,(H,30,32). The van der Waals surface area contributed by atoms with Crippen LogP contribution in [0, 0.1) is 0 Å². The number of halogens is 1. The van der Waals surface area contributed by atoms with Crippen LogP contribution in [-0.4, -0.2) is 56.2 Å². The van der Waals surface area contributed by atoms with Crippen LogP contribution in [-0.2, 0) is 6.54 Å². The number of fused-ring (bicyclic) bond motifs is 1. The molecule has 186 valence electrons. The van der Waals surface area contributed by atoms with Gasteiger partial charge in [-0.25, -0.2) is 0 Å². The number of hydrogen-bond acceptors (Lipinski definition) is 6. The second kappa shape index (κ2) is 11.3. The maximum absolute atomic E-state index is 12.9. The van der Waals surface area contributed by atoms with Crippen molar-refractivity contribution in [2.45, 2.75) is 44.4 Å². The predicted molar refractivity (Wildman–Crippen MR) is 145 cm³/mol. The van der Waals surface area contributed by atoms with Gasteiger partial charge in [-0.15, -0.1) is 11.3 Å². The summed E-state index contributed by atoms with van der Waals surface area (Å²) < 4.78 is 13.6. The number of ether oxygens (including phenoxy) is 2. The number of piperidine rings is 2. The molecule has 0 aliphatic carbocycles. The Labute approximate surface area is 219 Å². The first-order valence-corrected chi connectivity index (χ1v) is 13.9. The minimum absolute atomic E-state index is 0.0249. The molecule has 2 fully saturated rings. The zero-order valence-electron chi connectivity index (χ0n) is 20.0. The van der Waals surface area contributed by atoms with E-state index < -0.39 is 0 Å². The highest BCUT2D eigenvalue weighted by Gasteiger charge is 2.23. The van der Waals surface area contributed by atoms with Crippen molar-refractivity contribution in [1.82, 2.24) is 15.5 Å². The number of nitrogens with zero attached hydrogens (tertiary/aromatic N) is 1. The van der Waals surface area contributed by atoms with Crippen LogP contribution in [0.3, 0.4) is 0 Å². The first-order chi connectivity index (χ1) is 17.1. The molecule has 8 heteroatoms. The minimum Gasteiger partial charge on any atom is -0.497 e. The average Bonchev–Trinajstić information content (AvgIpc) is 3.31. The molecule has 0 radical (unpaired) electrons. The molecule has 0 saturated carbocycles. The van der Waals surface area contributed by atoms with E-state index in [1.54, 1.807) is 7.11 Å². The molecule has 0 unspecified atom stereocenters. The molecule has 0 bridgehead atoms. The van der Waals surface area contributed by atoms with Gasteiger partial charge in [0.25, 0.3) is 5.91 Å². The quantitative estimate of drug-likeness (QED) is 0.418. The Kier molecular flexibility index (Phi) is 7.92. The number of nitrogens with one attached hydrogen (secondary N) is 2. The van der Waals surface area contributed by atoms with Crippen molar-refractivity contribution in [3.05, 3.63) is 57.4 Å². The Bertz CT molecular complexity index is 1170. The Hall–Kier alpha value is -2.13. The normalized spacial score (nSPS) is 18.0. The molecule has 2 saturated heterocycles. The fraction of sp³-hybridized carbons (Fsp3) is 0.444. The van der Waals surface area contributed by atoms with E-state index in [0.29, 0.717) is 6.10 Å². The summed E-state index contributed by atoms with van der Waals surface area (Å²) in [5.41, 5.74) is 1.28. The Balaban J connectivity index is 1.11. The van der Waals surface area contributed by atoms with E-state index in [9.17, 15) is 4.79 Å². The van der Waals surface area contributed by atoms with E-state index in [1.165, 1.54) is 16.9 Å². The summed E-state index contributed by atoms with van der Waals surface area (Å²) in [5, 5.41) is 7.67. The second-order valence-electron chi connectivity index (χ2n) is 9.37. The van der Waals surface area contributed by atoms with Gasteiger partial charge < -0.3 is 20.1 Å². The first kappa shape index (κ1) is 24.6. The van der Waals surface area contributed by atoms with Gasteiger partial charge in [0.1, 0.15) is 17.6 Å². The largest absolute Gasteiger partial charge is 0.497 e. The van der Waals surface area contributed by atoms with Gasteiger partial charge >= 0.3 is 0 Å². The lowest BCUT2D eigenvalue weighted by molar-refractivity contribution is 0.0913. The number of amides is 1. The first-order valence-electron chi connectivity index (χ1n) is 12.3. The summed E-state index contributed by atoms with van der Waals surface area (Å²) in [4.78, 5) is 16.1. The SMILES string of the molecule is COc1ccc2sc(C(=O)NC3CCN(Cc4ccc(OC5CCNCC5)c(Br)c4)CC3)cc2c1. The van der Waals surface area contributed by atoms with Crippen LogP contribution in [0.15, 0.2) is 46.9 Å². The number of hydrogen-bond donors (Lipinski definition) is 2. The van der Waals surface area contributed by atoms with Crippen molar-refractivity contribution >= 4 is 43.3 Å². The third-order valence-electron chi connectivity index (χ3n) is 6.85. The van der Waals surface area contributed by atoms with Crippen LogP contribution in [0.2, 0.25) is 0 Å². The molecule has 5 rings (SSSR count). The molecular weight excluding hydrogens is 526 g/mol. The van der Waals surface area contributed by atoms with Crippen molar-refractivity contribution in [2.75, 3.05) is 33.3 Å². The van der Waals surface area contributed by atoms with Gasteiger partial charge in [-0.1, -0.05) is 6.07 Å². The summed E-state index contributed by atoms with van der Waals surface area (Å²) >= 11 is 5.24. The topological polar surface area (TPSA) is 62.8 Å². The number of methoxy groups -OCH3 is 1. The predicted octanol–water partition coefficient (Wildman–Crippen LogP) is 5.20. The van der Waals surface area contributed by atoms with Crippen molar-refractivity contribution in [1.29, 1.82) is 0 Å². The number of carbonyl (C=O) groups excluding carboxylic acids is 1. The van der Waals surface area contributed by atoms with Crippen LogP contribution in [0.5, 0.6) is 11.5 Å². The van der Waals surface area contributed by atoms with Crippen LogP contribution in [0.1, 0.15) is 40.9 Å². The van der Waals surface area contributed by atoms with Crippen LogP contribution in [0.25, 0.3) is 10.1 Å². The zero-order valence-corrected chi connectivity index (χ0v) is 22.4. The molecule has 3 aromatic rings. The van der Waals surface area contributed by atoms with E-state index in [0.717, 1.165) is 89.3 Å². The van der Waals surface area contributed by atoms with Gasteiger partial charge in [0.2, 0.25) is 0 Å². The molecule has 6 nitrogen and oxygen atoms in total. The van der Waals surface area contributed by atoms with E-state index in [2.05, 4.69) is 49.7 Å². The highest BCUT2D eigenvalue weighted by molar-refractivity contribution is 9.10. The summed E-state index contributed by atoms with van der Waals surface area (Å²) in [6.07, 6.45) is 4.32. The maximum atomic E-state index is 12.9. The number of rotatable bonds is 7. The van der Waals surface area contributed by atoms with Crippen molar-refractivity contribution in [3.8, 4) is 11.5 Å². The Morgan fingerprint density at radius 1 is 1.11 bits per heavy atom. The third-order valence-corrected chi connectivity index (χ3v) is 8.59. The zero-order chi connectivity index (χ0) is 24.2. The Morgan fingerprint density at radius 2 is 1.91 bits per heavy atom. The van der Waals surface area contributed by atoms with E-state index in [-0.39, 0.29) is 11.9 Å². The average molecular weight is 559 g/mol. The summed E-state index contributed by atoms with van der Waals surface area (Å²) in [6, 6.07) is 14.5. The van der Waals surface area contributed by atoms with Crippen LogP contribution in [0.4, 0.5) is 0 Å². The molecule has 3 heterocycles. The molecule has 2 N–H and O–H groups in total. The fourth-order valence-electron chi connectivity index (χ4n) is 4.84. The lowest BCUT2D eigenvalue weighted by Crippen LogP contribution is -2.44. The second-order valence-corrected chi connectivity index (χ2v) is 11.3. The van der Waals surface area contributed by atoms with Gasteiger partial charge in [-0.3, -0.25) is 9.69 Å². The van der Waals surface area contributed by atoms with Gasteiger partial charge in [0.05, 0.1) is 16.5 Å². The van der Waals surface area contributed by atoms with E-state index in [1.807, 2.05) is 24.3 Å². The number of thiophene rings is 1. The fourth-order valence-corrected chi connectivity index (χ4v) is 6.31. The van der Waals surface area contributed by atoms with Crippen LogP contribution >= 0.6 is 27.3 Å². The van der Waals surface area contributed by atoms with Crippen molar-refractivity contribution < 1.29 is 14.3 Å². The summed E-state index contributed by atoms with van der Waals surface area (Å²) in [7, 11) is 1.66. The maximum Gasteiger partial charge on any atom is 0.261 e. The highest BCUT2D eigenvalue weighted by Crippen LogP contribution is 2.30.